The number of rotatable bonds is 5. The summed E-state index contributed by atoms with van der Waals surface area (Å²) in [5.41, 5.74) is 2.51. The van der Waals surface area contributed by atoms with Crippen LogP contribution in [0.15, 0.2) is 41.6 Å². The van der Waals surface area contributed by atoms with Crippen LogP contribution in [0.4, 0.5) is 0 Å². The molecule has 5 heteroatoms. The van der Waals surface area contributed by atoms with Crippen molar-refractivity contribution in [3.63, 3.8) is 0 Å². The first-order chi connectivity index (χ1) is 10.6. The van der Waals surface area contributed by atoms with Gasteiger partial charge >= 0.3 is 5.97 Å². The molecule has 1 N–H and O–H groups in total. The minimum atomic E-state index is -0.287. The van der Waals surface area contributed by atoms with E-state index < -0.39 is 0 Å². The monoisotopic (exact) mass is 318 g/mol. The highest BCUT2D eigenvalue weighted by atomic mass is 32.1. The van der Waals surface area contributed by atoms with Gasteiger partial charge in [-0.3, -0.25) is 0 Å². The average molecular weight is 318 g/mol. The van der Waals surface area contributed by atoms with Gasteiger partial charge < -0.3 is 15.0 Å². The maximum Gasteiger partial charge on any atom is 0.338 e. The molecule has 118 valence electrons. The molecule has 1 aromatic carbocycles. The quantitative estimate of drug-likeness (QED) is 0.667. The third kappa shape index (κ3) is 3.30. The summed E-state index contributed by atoms with van der Waals surface area (Å²) in [7, 11) is 0. The standard InChI is InChI=1S/C17H22N2O2S/c1-4-11-19-12(3)14(16(20)21-5-2)15(18-17(19)22)13-9-7-6-8-10-13/h6-10,15H,4-5,11H2,1-3H3,(H,18,22). The predicted molar refractivity (Wildman–Crippen MR) is 91.2 cm³/mol. The van der Waals surface area contributed by atoms with Crippen LogP contribution >= 0.6 is 12.2 Å². The molecule has 0 fully saturated rings. The van der Waals surface area contributed by atoms with E-state index in [1.165, 1.54) is 0 Å². The third-order valence-corrected chi connectivity index (χ3v) is 4.01. The lowest BCUT2D eigenvalue weighted by molar-refractivity contribution is -0.139. The Balaban J connectivity index is 2.48. The Morgan fingerprint density at radius 3 is 2.59 bits per heavy atom. The van der Waals surface area contributed by atoms with Crippen LogP contribution in [0.5, 0.6) is 0 Å². The number of hydrogen-bond donors (Lipinski definition) is 1. The van der Waals surface area contributed by atoms with Gasteiger partial charge in [0.05, 0.1) is 18.2 Å². The predicted octanol–water partition coefficient (Wildman–Crippen LogP) is 3.16. The van der Waals surface area contributed by atoms with Gasteiger partial charge in [0, 0.05) is 12.2 Å². The SMILES string of the molecule is CCCN1C(=S)NC(c2ccccc2)C(C(=O)OCC)=C1C. The fourth-order valence-electron chi connectivity index (χ4n) is 2.64. The molecule has 1 heterocycles. The molecule has 22 heavy (non-hydrogen) atoms. The van der Waals surface area contributed by atoms with Gasteiger partial charge in [-0.15, -0.1) is 0 Å². The van der Waals surface area contributed by atoms with Crippen LogP contribution in [-0.4, -0.2) is 29.1 Å². The van der Waals surface area contributed by atoms with Gasteiger partial charge in [0.25, 0.3) is 0 Å². The topological polar surface area (TPSA) is 41.6 Å². The Bertz CT molecular complexity index is 584. The van der Waals surface area contributed by atoms with Gasteiger partial charge in [-0.25, -0.2) is 4.79 Å². The molecule has 0 saturated heterocycles. The van der Waals surface area contributed by atoms with Gasteiger partial charge in [-0.05, 0) is 38.0 Å². The smallest absolute Gasteiger partial charge is 0.338 e. The number of benzene rings is 1. The zero-order valence-electron chi connectivity index (χ0n) is 13.3. The molecule has 1 unspecified atom stereocenters. The number of hydrogen-bond acceptors (Lipinski definition) is 3. The Morgan fingerprint density at radius 1 is 1.32 bits per heavy atom. The Kier molecular flexibility index (Phi) is 5.55. The summed E-state index contributed by atoms with van der Waals surface area (Å²) >= 11 is 5.48. The molecule has 1 aromatic rings. The molecule has 0 amide bonds. The van der Waals surface area contributed by atoms with Crippen LogP contribution in [0.25, 0.3) is 0 Å². The summed E-state index contributed by atoms with van der Waals surface area (Å²) in [5, 5.41) is 3.94. The van der Waals surface area contributed by atoms with E-state index in [0.717, 1.165) is 24.2 Å². The normalized spacial score (nSPS) is 18.2. The second-order valence-corrected chi connectivity index (χ2v) is 5.55. The average Bonchev–Trinajstić information content (AvgIpc) is 2.52. The lowest BCUT2D eigenvalue weighted by Crippen LogP contribution is -2.48. The Morgan fingerprint density at radius 2 is 2.00 bits per heavy atom. The Labute approximate surface area is 137 Å². The number of thiocarbonyl (C=S) groups is 1. The van der Waals surface area contributed by atoms with Crippen molar-refractivity contribution >= 4 is 23.3 Å². The van der Waals surface area contributed by atoms with Crippen molar-refractivity contribution in [2.75, 3.05) is 13.2 Å². The molecule has 0 spiro atoms. The van der Waals surface area contributed by atoms with Crippen LogP contribution in [0.1, 0.15) is 38.8 Å². The van der Waals surface area contributed by atoms with E-state index in [1.54, 1.807) is 0 Å². The number of allylic oxidation sites excluding steroid dienone is 1. The number of esters is 1. The van der Waals surface area contributed by atoms with E-state index in [1.807, 2.05) is 49.1 Å². The van der Waals surface area contributed by atoms with E-state index in [2.05, 4.69) is 12.2 Å². The van der Waals surface area contributed by atoms with E-state index in [9.17, 15) is 4.79 Å². The zero-order chi connectivity index (χ0) is 16.1. The van der Waals surface area contributed by atoms with Gasteiger partial charge in [0.1, 0.15) is 0 Å². The van der Waals surface area contributed by atoms with Crippen LogP contribution in [0, 0.1) is 0 Å². The van der Waals surface area contributed by atoms with Crippen molar-refractivity contribution < 1.29 is 9.53 Å². The number of nitrogens with zero attached hydrogens (tertiary/aromatic N) is 1. The maximum atomic E-state index is 12.5. The molecule has 1 atom stereocenters. The second kappa shape index (κ2) is 7.40. The molecule has 2 rings (SSSR count). The molecule has 0 saturated carbocycles. The number of ether oxygens (including phenoxy) is 1. The van der Waals surface area contributed by atoms with Gasteiger partial charge in [-0.2, -0.15) is 0 Å². The van der Waals surface area contributed by atoms with Crippen molar-refractivity contribution in [3.8, 4) is 0 Å². The largest absolute Gasteiger partial charge is 0.463 e. The molecule has 0 bridgehead atoms. The van der Waals surface area contributed by atoms with E-state index in [4.69, 9.17) is 17.0 Å². The fraction of sp³-hybridized carbons (Fsp3) is 0.412. The van der Waals surface area contributed by atoms with Crippen molar-refractivity contribution in [1.29, 1.82) is 0 Å². The summed E-state index contributed by atoms with van der Waals surface area (Å²) in [6.45, 7) is 6.97. The summed E-state index contributed by atoms with van der Waals surface area (Å²) in [6, 6.07) is 9.58. The summed E-state index contributed by atoms with van der Waals surface area (Å²) < 4.78 is 5.26. The van der Waals surface area contributed by atoms with Crippen molar-refractivity contribution in [2.45, 2.75) is 33.2 Å². The number of carbonyl (C=O) groups excluding carboxylic acids is 1. The molecule has 1 aliphatic heterocycles. The van der Waals surface area contributed by atoms with Crippen molar-refractivity contribution in [3.05, 3.63) is 47.2 Å². The highest BCUT2D eigenvalue weighted by Gasteiger charge is 2.34. The summed E-state index contributed by atoms with van der Waals surface area (Å²) in [4.78, 5) is 14.4. The lowest BCUT2D eigenvalue weighted by Gasteiger charge is -2.37. The second-order valence-electron chi connectivity index (χ2n) is 5.16. The lowest BCUT2D eigenvalue weighted by atomic mass is 9.95. The van der Waals surface area contributed by atoms with Crippen LogP contribution in [0.2, 0.25) is 0 Å². The number of nitrogens with one attached hydrogen (secondary N) is 1. The van der Waals surface area contributed by atoms with E-state index >= 15 is 0 Å². The highest BCUT2D eigenvalue weighted by molar-refractivity contribution is 7.80. The fourth-order valence-corrected chi connectivity index (χ4v) is 2.99. The molecule has 0 aromatic heterocycles. The van der Waals surface area contributed by atoms with Crippen LogP contribution < -0.4 is 5.32 Å². The summed E-state index contributed by atoms with van der Waals surface area (Å²) in [5.74, 6) is -0.287. The van der Waals surface area contributed by atoms with Gasteiger partial charge in [-0.1, -0.05) is 37.3 Å². The molecular formula is C17H22N2O2S. The van der Waals surface area contributed by atoms with Gasteiger partial charge in [0.15, 0.2) is 5.11 Å². The molecular weight excluding hydrogens is 296 g/mol. The first-order valence-electron chi connectivity index (χ1n) is 7.61. The van der Waals surface area contributed by atoms with Crippen molar-refractivity contribution in [1.82, 2.24) is 10.2 Å². The number of carbonyl (C=O) groups is 1. The van der Waals surface area contributed by atoms with E-state index in [-0.39, 0.29) is 12.0 Å². The zero-order valence-corrected chi connectivity index (χ0v) is 14.1. The Hall–Kier alpha value is -1.88. The maximum absolute atomic E-state index is 12.5. The van der Waals surface area contributed by atoms with E-state index in [0.29, 0.717) is 17.3 Å². The van der Waals surface area contributed by atoms with Crippen molar-refractivity contribution in [2.24, 2.45) is 0 Å². The highest BCUT2D eigenvalue weighted by Crippen LogP contribution is 2.31. The molecule has 0 aliphatic carbocycles. The molecule has 4 nitrogen and oxygen atoms in total. The third-order valence-electron chi connectivity index (χ3n) is 3.67. The minimum Gasteiger partial charge on any atom is -0.463 e. The first-order valence-corrected chi connectivity index (χ1v) is 8.01. The van der Waals surface area contributed by atoms with Crippen LogP contribution in [0.3, 0.4) is 0 Å². The molecule has 0 radical (unpaired) electrons. The van der Waals surface area contributed by atoms with Crippen LogP contribution in [-0.2, 0) is 9.53 Å². The van der Waals surface area contributed by atoms with Gasteiger partial charge in [0.2, 0.25) is 0 Å². The minimum absolute atomic E-state index is 0.263. The first kappa shape index (κ1) is 16.5. The summed E-state index contributed by atoms with van der Waals surface area (Å²) in [6.07, 6.45) is 0.950. The molecule has 1 aliphatic rings.